The van der Waals surface area contributed by atoms with E-state index in [9.17, 15) is 21.4 Å². The molecule has 17 heteroatoms. The van der Waals surface area contributed by atoms with Crippen LogP contribution in [0, 0.1) is 0 Å². The molecule has 4 N–H and O–H groups in total. The Morgan fingerprint density at radius 1 is 0.676 bits per heavy atom. The molecule has 0 radical (unpaired) electrons. The van der Waals surface area contributed by atoms with Gasteiger partial charge in [0.2, 0.25) is 0 Å². The van der Waals surface area contributed by atoms with Crippen LogP contribution in [0.1, 0.15) is 0 Å². The fourth-order valence-electron chi connectivity index (χ4n) is 3.16. The Labute approximate surface area is 213 Å². The van der Waals surface area contributed by atoms with Crippen molar-refractivity contribution >= 4 is 74.3 Å². The predicted octanol–water partition coefficient (Wildman–Crippen LogP) is 1.61. The molecule has 0 aliphatic heterocycles. The first-order valence-corrected chi connectivity index (χ1v) is 14.4. The fraction of sp³-hybridized carbons (Fsp3) is 0. The molecule has 37 heavy (non-hydrogen) atoms. The maximum atomic E-state index is 12.8. The molecule has 13 nitrogen and oxygen atoms in total. The summed E-state index contributed by atoms with van der Waals surface area (Å²) < 4.78 is 111. The van der Waals surface area contributed by atoms with Crippen LogP contribution in [0.2, 0.25) is 0 Å². The Hall–Kier alpha value is -3.90. The number of hydrogen-bond acceptors (Lipinski definition) is 11. The van der Waals surface area contributed by atoms with Crippen LogP contribution in [0.25, 0.3) is 21.5 Å². The first-order chi connectivity index (χ1) is 17.1. The zero-order valence-electron chi connectivity index (χ0n) is 18.2. The van der Waals surface area contributed by atoms with Crippen LogP contribution in [0.15, 0.2) is 82.6 Å². The van der Waals surface area contributed by atoms with Crippen molar-refractivity contribution in [2.45, 2.75) is 9.79 Å². The summed E-state index contributed by atoms with van der Waals surface area (Å²) in [5.74, 6) is 0. The summed E-state index contributed by atoms with van der Waals surface area (Å²) in [6.45, 7) is 0. The van der Waals surface area contributed by atoms with Crippen molar-refractivity contribution in [2.75, 3.05) is 10.5 Å². The highest BCUT2D eigenvalue weighted by molar-refractivity contribution is 7.92. The molecule has 196 valence electrons. The quantitative estimate of drug-likeness (QED) is 0.228. The highest BCUT2D eigenvalue weighted by atomic mass is 32.2. The number of benzene rings is 4. The van der Waals surface area contributed by atoms with Crippen LogP contribution in [0.5, 0.6) is 0 Å². The van der Waals surface area contributed by atoms with Gasteiger partial charge in [0.05, 0.1) is 4.90 Å². The molecule has 0 saturated carbocycles. The Bertz CT molecular complexity index is 1880. The molecule has 4 aromatic carbocycles. The molecule has 0 aromatic heterocycles. The third kappa shape index (κ3) is 8.62. The van der Waals surface area contributed by atoms with E-state index in [2.05, 4.69) is 4.72 Å². The second kappa shape index (κ2) is 11.9. The van der Waals surface area contributed by atoms with Gasteiger partial charge in [0, 0.05) is 16.8 Å². The van der Waals surface area contributed by atoms with Gasteiger partial charge in [-0.25, -0.2) is 8.42 Å². The van der Waals surface area contributed by atoms with Crippen molar-refractivity contribution in [3.63, 3.8) is 0 Å². The van der Waals surface area contributed by atoms with E-state index >= 15 is 0 Å². The molecule has 4 rings (SSSR count). The molecule has 0 unspecified atom stereocenters. The van der Waals surface area contributed by atoms with Crippen molar-refractivity contribution in [3.8, 4) is 0 Å². The van der Waals surface area contributed by atoms with Crippen LogP contribution < -0.4 is 10.5 Å². The van der Waals surface area contributed by atoms with E-state index in [1.165, 1.54) is 36.4 Å². The van der Waals surface area contributed by atoms with E-state index in [4.69, 9.17) is 31.0 Å². The summed E-state index contributed by atoms with van der Waals surface area (Å²) >= 11 is 0. The van der Waals surface area contributed by atoms with E-state index < -0.39 is 41.4 Å². The molecule has 0 aliphatic rings. The number of nitrogen functional groups attached to an aromatic ring is 1. The van der Waals surface area contributed by atoms with E-state index in [1.807, 2.05) is 0 Å². The smallest absolute Gasteiger partial charge is 0.399 e. The lowest BCUT2D eigenvalue weighted by atomic mass is 10.1. The van der Waals surface area contributed by atoms with Crippen molar-refractivity contribution in [1.82, 2.24) is 0 Å². The molecule has 0 aliphatic carbocycles. The third-order valence-corrected chi connectivity index (χ3v) is 6.81. The van der Waals surface area contributed by atoms with Gasteiger partial charge in [-0.2, -0.15) is 8.42 Å². The molecule has 0 bridgehead atoms. The monoisotopic (exact) mass is 588 g/mol. The number of fused-ring (bicyclic) bond motifs is 2. The molecular weight excluding hydrogens is 572 g/mol. The first kappa shape index (κ1) is 29.3. The van der Waals surface area contributed by atoms with Crippen LogP contribution in [0.3, 0.4) is 0 Å². The van der Waals surface area contributed by atoms with Gasteiger partial charge in [-0.3, -0.25) is 9.27 Å². The third-order valence-electron chi connectivity index (χ3n) is 4.52. The minimum absolute atomic E-state index is 0.0536. The lowest BCUT2D eigenvalue weighted by Crippen LogP contribution is -2.13. The summed E-state index contributed by atoms with van der Waals surface area (Å²) in [6, 6.07) is 18.7. The van der Waals surface area contributed by atoms with E-state index in [0.29, 0.717) is 16.5 Å². The van der Waals surface area contributed by atoms with Crippen molar-refractivity contribution in [2.24, 2.45) is 0 Å². The van der Waals surface area contributed by atoms with Crippen LogP contribution in [0.4, 0.5) is 11.4 Å². The van der Waals surface area contributed by atoms with Gasteiger partial charge in [0.25, 0.3) is 20.1 Å². The SMILES string of the molecule is Nc1ccc2cc(S(=O)(=O)Nc3ccc4cccc(S(=O)(=O)O)c4c3)ccc2c1.O=S(=O)=O.O=S(=O)=O. The Balaban J connectivity index is 0.000000530. The zero-order valence-corrected chi connectivity index (χ0v) is 21.4. The maximum absolute atomic E-state index is 12.8. The van der Waals surface area contributed by atoms with E-state index in [1.54, 1.807) is 36.4 Å². The standard InChI is InChI=1S/C20H16N2O5S2.2O3S/c21-16-7-4-15-11-18(9-6-14(15)10-16)28(23,24)22-17-8-5-13-2-1-3-20(19(13)12-17)29(25,26)27;2*1-4(2)3/h1-12,22H,21H2,(H,25,26,27);;. The van der Waals surface area contributed by atoms with E-state index in [-0.39, 0.29) is 20.9 Å². The summed E-state index contributed by atoms with van der Waals surface area (Å²) in [6.07, 6.45) is 0. The predicted molar refractivity (Wildman–Crippen MR) is 132 cm³/mol. The van der Waals surface area contributed by atoms with Gasteiger partial charge < -0.3 is 5.73 Å². The number of rotatable bonds is 4. The average molecular weight is 589 g/mol. The summed E-state index contributed by atoms with van der Waals surface area (Å²) in [5, 5.41) is 2.29. The number of anilines is 2. The molecule has 0 saturated heterocycles. The average Bonchev–Trinajstić information content (AvgIpc) is 2.76. The fourth-order valence-corrected chi connectivity index (χ4v) is 4.95. The van der Waals surface area contributed by atoms with Gasteiger partial charge in [0.1, 0.15) is 4.90 Å². The van der Waals surface area contributed by atoms with Gasteiger partial charge in [-0.15, -0.1) is 25.3 Å². The lowest BCUT2D eigenvalue weighted by molar-refractivity contribution is 0.484. The lowest BCUT2D eigenvalue weighted by Gasteiger charge is -2.11. The molecule has 0 atom stereocenters. The number of nitrogens with two attached hydrogens (primary N) is 1. The zero-order chi connectivity index (χ0) is 28.0. The number of hydrogen-bond donors (Lipinski definition) is 3. The molecule has 0 spiro atoms. The first-order valence-electron chi connectivity index (χ1n) is 9.46. The molecule has 0 fully saturated rings. The molecule has 0 heterocycles. The van der Waals surface area contributed by atoms with Crippen molar-refractivity contribution in [3.05, 3.63) is 72.8 Å². The Morgan fingerprint density at radius 3 is 1.81 bits per heavy atom. The van der Waals surface area contributed by atoms with Gasteiger partial charge in [-0.05, 0) is 58.6 Å². The molecule has 4 aromatic rings. The second-order valence-electron chi connectivity index (χ2n) is 6.95. The Morgan fingerprint density at radius 2 is 1.22 bits per heavy atom. The van der Waals surface area contributed by atoms with Crippen LogP contribution >= 0.6 is 0 Å². The Kier molecular flexibility index (Phi) is 9.43. The highest BCUT2D eigenvalue weighted by Gasteiger charge is 2.17. The molecule has 0 amide bonds. The molecular formula is C20H16N2O11S4. The van der Waals surface area contributed by atoms with E-state index in [0.717, 1.165) is 5.39 Å². The van der Waals surface area contributed by atoms with Gasteiger partial charge >= 0.3 is 21.2 Å². The van der Waals surface area contributed by atoms with Crippen LogP contribution in [-0.2, 0) is 41.4 Å². The minimum atomic E-state index is -4.46. The maximum Gasteiger partial charge on any atom is 0.425 e. The second-order valence-corrected chi connectivity index (χ2v) is 10.8. The van der Waals surface area contributed by atoms with Crippen LogP contribution in [-0.4, -0.2) is 46.6 Å². The minimum Gasteiger partial charge on any atom is -0.399 e. The summed E-state index contributed by atoms with van der Waals surface area (Å²) in [4.78, 5) is -0.239. The van der Waals surface area contributed by atoms with Crippen molar-refractivity contribution < 1.29 is 46.6 Å². The number of nitrogens with one attached hydrogen (secondary N) is 1. The largest absolute Gasteiger partial charge is 0.425 e. The summed E-state index contributed by atoms with van der Waals surface area (Å²) in [5.41, 5.74) is 6.50. The number of sulfonamides is 1. The van der Waals surface area contributed by atoms with Gasteiger partial charge in [0.15, 0.2) is 0 Å². The highest BCUT2D eigenvalue weighted by Crippen LogP contribution is 2.28. The van der Waals surface area contributed by atoms with Crippen molar-refractivity contribution in [1.29, 1.82) is 0 Å². The van der Waals surface area contributed by atoms with Gasteiger partial charge in [-0.1, -0.05) is 30.3 Å². The topological polar surface area (TPSA) is 229 Å². The normalized spacial score (nSPS) is 10.9. The summed E-state index contributed by atoms with van der Waals surface area (Å²) in [7, 11) is -14.6.